The molecule has 0 bridgehead atoms. The summed E-state index contributed by atoms with van der Waals surface area (Å²) in [6, 6.07) is 3.49. The molecule has 2 aromatic rings. The van der Waals surface area contributed by atoms with E-state index in [0.717, 1.165) is 23.9 Å². The van der Waals surface area contributed by atoms with Crippen molar-refractivity contribution >= 4 is 6.03 Å². The van der Waals surface area contributed by atoms with Crippen LogP contribution in [-0.4, -0.2) is 40.2 Å². The van der Waals surface area contributed by atoms with E-state index in [1.807, 2.05) is 25.3 Å². The van der Waals surface area contributed by atoms with Crippen LogP contribution in [0.1, 0.15) is 37.2 Å². The Hall–Kier alpha value is -2.28. The molecule has 1 N–H and O–H groups in total. The lowest BCUT2D eigenvalue weighted by molar-refractivity contribution is 0.00395. The molecule has 3 rings (SSSR count). The molecule has 0 radical (unpaired) electrons. The molecule has 1 atom stereocenters. The predicted octanol–water partition coefficient (Wildman–Crippen LogP) is 2.72. The third-order valence-corrected chi connectivity index (χ3v) is 4.24. The summed E-state index contributed by atoms with van der Waals surface area (Å²) in [5.74, 6) is 2.97. The first-order valence-electron chi connectivity index (χ1n) is 8.73. The van der Waals surface area contributed by atoms with E-state index in [1.54, 1.807) is 11.1 Å². The van der Waals surface area contributed by atoms with Crippen molar-refractivity contribution in [1.29, 1.82) is 0 Å². The van der Waals surface area contributed by atoms with Crippen molar-refractivity contribution in [1.82, 2.24) is 19.8 Å². The standard InChI is InChI=1S/C18H26N4O3/c1-13(2)11-21-7-6-19-17(21)10-20-18(23)22-8-9-24-12-15(22)16-5-4-14(3)25-16/h4-7,13,15H,8-12H2,1-3H3,(H,20,23)/t15-/m1/s1. The number of aryl methyl sites for hydroxylation is 1. The van der Waals surface area contributed by atoms with Crippen LogP contribution in [0.2, 0.25) is 0 Å². The fourth-order valence-electron chi connectivity index (χ4n) is 3.04. The summed E-state index contributed by atoms with van der Waals surface area (Å²) < 4.78 is 13.3. The Labute approximate surface area is 148 Å². The van der Waals surface area contributed by atoms with Crippen molar-refractivity contribution in [3.63, 3.8) is 0 Å². The molecule has 1 fully saturated rings. The maximum absolute atomic E-state index is 12.7. The quantitative estimate of drug-likeness (QED) is 0.903. The Morgan fingerprint density at radius 1 is 1.44 bits per heavy atom. The molecule has 136 valence electrons. The molecular formula is C18H26N4O3. The van der Waals surface area contributed by atoms with Crippen LogP contribution >= 0.6 is 0 Å². The van der Waals surface area contributed by atoms with E-state index in [4.69, 9.17) is 9.15 Å². The Morgan fingerprint density at radius 2 is 2.28 bits per heavy atom. The van der Waals surface area contributed by atoms with E-state index >= 15 is 0 Å². The van der Waals surface area contributed by atoms with Crippen molar-refractivity contribution < 1.29 is 13.9 Å². The van der Waals surface area contributed by atoms with Gasteiger partial charge in [0.2, 0.25) is 0 Å². The average molecular weight is 346 g/mol. The van der Waals surface area contributed by atoms with Gasteiger partial charge < -0.3 is 23.9 Å². The SMILES string of the molecule is Cc1ccc([C@H]2COCCN2C(=O)NCc2nccn2CC(C)C)o1. The molecule has 0 aromatic carbocycles. The van der Waals surface area contributed by atoms with E-state index in [2.05, 4.69) is 28.7 Å². The minimum absolute atomic E-state index is 0.124. The highest BCUT2D eigenvalue weighted by atomic mass is 16.5. The minimum Gasteiger partial charge on any atom is -0.464 e. The summed E-state index contributed by atoms with van der Waals surface area (Å²) >= 11 is 0. The summed E-state index contributed by atoms with van der Waals surface area (Å²) in [7, 11) is 0. The number of rotatable bonds is 5. The van der Waals surface area contributed by atoms with Gasteiger partial charge in [-0.3, -0.25) is 0 Å². The van der Waals surface area contributed by atoms with Crippen LogP contribution < -0.4 is 5.32 Å². The second-order valence-corrected chi connectivity index (χ2v) is 6.78. The van der Waals surface area contributed by atoms with Crippen LogP contribution in [0.15, 0.2) is 28.9 Å². The normalized spacial score (nSPS) is 17.9. The van der Waals surface area contributed by atoms with Gasteiger partial charge in [0.05, 0.1) is 19.8 Å². The molecular weight excluding hydrogens is 320 g/mol. The van der Waals surface area contributed by atoms with E-state index in [9.17, 15) is 4.79 Å². The van der Waals surface area contributed by atoms with Gasteiger partial charge in [0.15, 0.2) is 0 Å². The number of urea groups is 1. The van der Waals surface area contributed by atoms with Crippen molar-refractivity contribution in [3.05, 3.63) is 41.9 Å². The molecule has 0 aliphatic carbocycles. The number of nitrogens with zero attached hydrogens (tertiary/aromatic N) is 3. The van der Waals surface area contributed by atoms with Crippen LogP contribution in [0.5, 0.6) is 0 Å². The van der Waals surface area contributed by atoms with Crippen LogP contribution in [0.3, 0.4) is 0 Å². The number of furan rings is 1. The van der Waals surface area contributed by atoms with E-state index in [-0.39, 0.29) is 12.1 Å². The van der Waals surface area contributed by atoms with Crippen LogP contribution in [-0.2, 0) is 17.8 Å². The van der Waals surface area contributed by atoms with Gasteiger partial charge in [-0.1, -0.05) is 13.8 Å². The zero-order chi connectivity index (χ0) is 17.8. The molecule has 2 amide bonds. The first kappa shape index (κ1) is 17.5. The van der Waals surface area contributed by atoms with Crippen molar-refractivity contribution in [2.24, 2.45) is 5.92 Å². The number of nitrogens with one attached hydrogen (secondary N) is 1. The van der Waals surface area contributed by atoms with Gasteiger partial charge in [0.1, 0.15) is 23.4 Å². The zero-order valence-corrected chi connectivity index (χ0v) is 15.1. The Kier molecular flexibility index (Phi) is 5.43. The first-order chi connectivity index (χ1) is 12.0. The highest BCUT2D eigenvalue weighted by Crippen LogP contribution is 2.25. The molecule has 1 aliphatic heterocycles. The highest BCUT2D eigenvalue weighted by molar-refractivity contribution is 5.74. The van der Waals surface area contributed by atoms with Crippen LogP contribution in [0.25, 0.3) is 0 Å². The number of amides is 2. The van der Waals surface area contributed by atoms with Crippen LogP contribution in [0, 0.1) is 12.8 Å². The molecule has 25 heavy (non-hydrogen) atoms. The number of morpholine rings is 1. The number of ether oxygens (including phenoxy) is 1. The Balaban J connectivity index is 1.64. The van der Waals surface area contributed by atoms with E-state index in [0.29, 0.717) is 32.2 Å². The smallest absolute Gasteiger partial charge is 0.318 e. The first-order valence-corrected chi connectivity index (χ1v) is 8.73. The van der Waals surface area contributed by atoms with E-state index in [1.165, 1.54) is 0 Å². The topological polar surface area (TPSA) is 72.5 Å². The monoisotopic (exact) mass is 346 g/mol. The van der Waals surface area contributed by atoms with Gasteiger partial charge >= 0.3 is 6.03 Å². The van der Waals surface area contributed by atoms with Gasteiger partial charge in [-0.25, -0.2) is 9.78 Å². The summed E-state index contributed by atoms with van der Waals surface area (Å²) in [6.45, 7) is 9.02. The Morgan fingerprint density at radius 3 is 3.00 bits per heavy atom. The largest absolute Gasteiger partial charge is 0.464 e. The number of imidazole rings is 1. The summed E-state index contributed by atoms with van der Waals surface area (Å²) in [5.41, 5.74) is 0. The number of carbonyl (C=O) groups is 1. The number of carbonyl (C=O) groups excluding carboxylic acids is 1. The maximum Gasteiger partial charge on any atom is 0.318 e. The summed E-state index contributed by atoms with van der Waals surface area (Å²) in [6.07, 6.45) is 3.72. The van der Waals surface area contributed by atoms with Gasteiger partial charge in [-0.15, -0.1) is 0 Å². The maximum atomic E-state index is 12.7. The van der Waals surface area contributed by atoms with Crippen molar-refractivity contribution in [2.75, 3.05) is 19.8 Å². The van der Waals surface area contributed by atoms with Gasteiger partial charge in [0, 0.05) is 25.5 Å². The number of hydrogen-bond acceptors (Lipinski definition) is 4. The van der Waals surface area contributed by atoms with Crippen molar-refractivity contribution in [3.8, 4) is 0 Å². The lowest BCUT2D eigenvalue weighted by Crippen LogP contribution is -2.48. The second-order valence-electron chi connectivity index (χ2n) is 6.78. The Bertz CT molecular complexity index is 707. The van der Waals surface area contributed by atoms with Gasteiger partial charge in [0.25, 0.3) is 0 Å². The number of aromatic nitrogens is 2. The third kappa shape index (κ3) is 4.22. The van der Waals surface area contributed by atoms with E-state index < -0.39 is 0 Å². The molecule has 2 aromatic heterocycles. The second kappa shape index (κ2) is 7.74. The van der Waals surface area contributed by atoms with Gasteiger partial charge in [-0.05, 0) is 25.0 Å². The molecule has 0 spiro atoms. The fourth-order valence-corrected chi connectivity index (χ4v) is 3.04. The fraction of sp³-hybridized carbons (Fsp3) is 0.556. The molecule has 7 nitrogen and oxygen atoms in total. The number of hydrogen-bond donors (Lipinski definition) is 1. The minimum atomic E-state index is -0.196. The molecule has 1 saturated heterocycles. The summed E-state index contributed by atoms with van der Waals surface area (Å²) in [4.78, 5) is 18.8. The highest BCUT2D eigenvalue weighted by Gasteiger charge is 2.30. The van der Waals surface area contributed by atoms with Crippen molar-refractivity contribution in [2.45, 2.75) is 39.9 Å². The zero-order valence-electron chi connectivity index (χ0n) is 15.1. The van der Waals surface area contributed by atoms with Gasteiger partial charge in [-0.2, -0.15) is 0 Å². The molecule has 0 saturated carbocycles. The molecule has 3 heterocycles. The average Bonchev–Trinajstić information content (AvgIpc) is 3.21. The molecule has 0 unspecified atom stereocenters. The lowest BCUT2D eigenvalue weighted by Gasteiger charge is -2.34. The summed E-state index contributed by atoms with van der Waals surface area (Å²) in [5, 5.41) is 2.98. The predicted molar refractivity (Wildman–Crippen MR) is 93.0 cm³/mol. The third-order valence-electron chi connectivity index (χ3n) is 4.24. The molecule has 1 aliphatic rings. The lowest BCUT2D eigenvalue weighted by atomic mass is 10.2. The van der Waals surface area contributed by atoms with Crippen LogP contribution in [0.4, 0.5) is 4.79 Å². The molecule has 7 heteroatoms.